The molecule has 4 nitrogen and oxygen atoms in total. The number of nitrogens with zero attached hydrogens (tertiary/aromatic N) is 2. The van der Waals surface area contributed by atoms with Crippen LogP contribution in [0.1, 0.15) is 12.5 Å². The van der Waals surface area contributed by atoms with Crippen LogP contribution in [0.3, 0.4) is 0 Å². The van der Waals surface area contributed by atoms with Gasteiger partial charge in [-0.2, -0.15) is 5.26 Å². The lowest BCUT2D eigenvalue weighted by molar-refractivity contribution is 0.340. The summed E-state index contributed by atoms with van der Waals surface area (Å²) >= 11 is 1.32. The van der Waals surface area contributed by atoms with Gasteiger partial charge in [-0.1, -0.05) is 42.5 Å². The Morgan fingerprint density at radius 1 is 1.15 bits per heavy atom. The molecule has 0 aliphatic carbocycles. The van der Waals surface area contributed by atoms with Crippen molar-refractivity contribution in [2.45, 2.75) is 12.1 Å². The Morgan fingerprint density at radius 2 is 1.96 bits per heavy atom. The van der Waals surface area contributed by atoms with Crippen molar-refractivity contribution in [3.63, 3.8) is 0 Å². The fourth-order valence-electron chi connectivity index (χ4n) is 3.00. The minimum Gasteiger partial charge on any atom is -0.493 e. The molecule has 0 spiro atoms. The summed E-state index contributed by atoms with van der Waals surface area (Å²) in [6.45, 7) is 2.52. The molecule has 27 heavy (non-hydrogen) atoms. The summed E-state index contributed by atoms with van der Waals surface area (Å²) in [5, 5.41) is 12.6. The van der Waals surface area contributed by atoms with Crippen molar-refractivity contribution in [3.05, 3.63) is 71.1 Å². The van der Waals surface area contributed by atoms with Crippen LogP contribution in [0.2, 0.25) is 0 Å². The van der Waals surface area contributed by atoms with Gasteiger partial charge in [0, 0.05) is 5.56 Å². The molecule has 5 heteroatoms. The van der Waals surface area contributed by atoms with Crippen molar-refractivity contribution in [2.24, 2.45) is 0 Å². The van der Waals surface area contributed by atoms with Gasteiger partial charge in [-0.25, -0.2) is 4.98 Å². The van der Waals surface area contributed by atoms with Crippen molar-refractivity contribution in [2.75, 3.05) is 6.61 Å². The molecule has 0 saturated heterocycles. The van der Waals surface area contributed by atoms with E-state index in [1.54, 1.807) is 0 Å². The first-order chi connectivity index (χ1) is 13.3. The molecule has 0 amide bonds. The van der Waals surface area contributed by atoms with E-state index in [1.165, 1.54) is 11.8 Å². The van der Waals surface area contributed by atoms with Gasteiger partial charge in [-0.05, 0) is 53.7 Å². The standard InChI is InChI=1S/C22H17N3OS/c1-2-26-21-12-11-15-7-3-4-8-17(15)18(21)13-16(14-23)27-22-24-19-9-5-6-10-20(19)25-22/h3-13H,2H2,1H3,(H,24,25)/b16-13+. The van der Waals surface area contributed by atoms with E-state index in [0.29, 0.717) is 16.7 Å². The summed E-state index contributed by atoms with van der Waals surface area (Å²) in [5.74, 6) is 0.772. The highest BCUT2D eigenvalue weighted by atomic mass is 32.2. The molecule has 132 valence electrons. The smallest absolute Gasteiger partial charge is 0.171 e. The van der Waals surface area contributed by atoms with Crippen molar-refractivity contribution in [3.8, 4) is 11.8 Å². The second-order valence-electron chi connectivity index (χ2n) is 5.91. The maximum atomic E-state index is 9.69. The first-order valence-corrected chi connectivity index (χ1v) is 9.49. The number of allylic oxidation sites excluding steroid dienone is 1. The van der Waals surface area contributed by atoms with Crippen LogP contribution >= 0.6 is 11.8 Å². The fraction of sp³-hybridized carbons (Fsp3) is 0.0909. The number of imidazole rings is 1. The molecule has 0 unspecified atom stereocenters. The Hall–Kier alpha value is -3.23. The van der Waals surface area contributed by atoms with Crippen LogP contribution in [0.15, 0.2) is 70.7 Å². The van der Waals surface area contributed by atoms with Gasteiger partial charge < -0.3 is 9.72 Å². The number of nitrogens with one attached hydrogen (secondary N) is 1. The first-order valence-electron chi connectivity index (χ1n) is 8.67. The van der Waals surface area contributed by atoms with E-state index in [-0.39, 0.29) is 0 Å². The number of hydrogen-bond donors (Lipinski definition) is 1. The molecule has 0 fully saturated rings. The number of hydrogen-bond acceptors (Lipinski definition) is 4. The van der Waals surface area contributed by atoms with Gasteiger partial charge in [-0.15, -0.1) is 0 Å². The van der Waals surface area contributed by atoms with Crippen LogP contribution in [0.4, 0.5) is 0 Å². The lowest BCUT2D eigenvalue weighted by atomic mass is 10.0. The van der Waals surface area contributed by atoms with Gasteiger partial charge in [0.15, 0.2) is 5.16 Å². The highest BCUT2D eigenvalue weighted by Gasteiger charge is 2.11. The van der Waals surface area contributed by atoms with Crippen LogP contribution in [-0.4, -0.2) is 16.6 Å². The third kappa shape index (κ3) is 3.53. The summed E-state index contributed by atoms with van der Waals surface area (Å²) < 4.78 is 5.80. The van der Waals surface area contributed by atoms with Crippen LogP contribution in [0.25, 0.3) is 27.9 Å². The molecule has 0 atom stereocenters. The summed E-state index contributed by atoms with van der Waals surface area (Å²) in [6.07, 6.45) is 1.88. The second-order valence-corrected chi connectivity index (χ2v) is 6.94. The monoisotopic (exact) mass is 371 g/mol. The number of aromatic amines is 1. The van der Waals surface area contributed by atoms with Gasteiger partial charge in [0.05, 0.1) is 22.5 Å². The average molecular weight is 371 g/mol. The number of H-pyrrole nitrogens is 1. The minimum absolute atomic E-state index is 0.548. The lowest BCUT2D eigenvalue weighted by Gasteiger charge is -2.11. The number of nitriles is 1. The highest BCUT2D eigenvalue weighted by Crippen LogP contribution is 2.34. The van der Waals surface area contributed by atoms with E-state index >= 15 is 0 Å². The summed E-state index contributed by atoms with van der Waals surface area (Å²) in [4.78, 5) is 8.35. The van der Waals surface area contributed by atoms with Gasteiger partial charge >= 0.3 is 0 Å². The molecule has 0 saturated carbocycles. The van der Waals surface area contributed by atoms with E-state index in [4.69, 9.17) is 4.74 Å². The number of para-hydroxylation sites is 2. The lowest BCUT2D eigenvalue weighted by Crippen LogP contribution is -1.95. The highest BCUT2D eigenvalue weighted by molar-refractivity contribution is 8.03. The number of thioether (sulfide) groups is 1. The molecule has 1 N–H and O–H groups in total. The number of ether oxygens (including phenoxy) is 1. The summed E-state index contributed by atoms with van der Waals surface area (Å²) in [5.41, 5.74) is 2.75. The van der Waals surface area contributed by atoms with E-state index < -0.39 is 0 Å². The Labute approximate surface area is 161 Å². The zero-order valence-corrected chi connectivity index (χ0v) is 15.6. The van der Waals surface area contributed by atoms with Gasteiger partial charge in [0.1, 0.15) is 11.8 Å². The molecule has 0 bridgehead atoms. The van der Waals surface area contributed by atoms with Crippen molar-refractivity contribution < 1.29 is 4.74 Å². The van der Waals surface area contributed by atoms with Crippen molar-refractivity contribution in [1.29, 1.82) is 5.26 Å². The van der Waals surface area contributed by atoms with Gasteiger partial charge in [0.25, 0.3) is 0 Å². The Bertz CT molecular complexity index is 1150. The molecule has 4 rings (SSSR count). The van der Waals surface area contributed by atoms with E-state index in [0.717, 1.165) is 33.1 Å². The largest absolute Gasteiger partial charge is 0.493 e. The van der Waals surface area contributed by atoms with Crippen LogP contribution in [-0.2, 0) is 0 Å². The first kappa shape index (κ1) is 17.2. The number of aromatic nitrogens is 2. The SMILES string of the molecule is CCOc1ccc2ccccc2c1/C=C(\C#N)Sc1nc2ccccc2[nH]1. The molecule has 0 aliphatic rings. The zero-order chi connectivity index (χ0) is 18.6. The topological polar surface area (TPSA) is 61.7 Å². The average Bonchev–Trinajstić information content (AvgIpc) is 3.11. The van der Waals surface area contributed by atoms with Crippen molar-refractivity contribution in [1.82, 2.24) is 9.97 Å². The van der Waals surface area contributed by atoms with E-state index in [1.807, 2.05) is 67.6 Å². The Morgan fingerprint density at radius 3 is 2.78 bits per heavy atom. The third-order valence-electron chi connectivity index (χ3n) is 4.19. The predicted molar refractivity (Wildman–Crippen MR) is 111 cm³/mol. The normalized spacial score (nSPS) is 11.6. The maximum Gasteiger partial charge on any atom is 0.171 e. The van der Waals surface area contributed by atoms with Crippen LogP contribution in [0.5, 0.6) is 5.75 Å². The Balaban J connectivity index is 1.77. The summed E-state index contributed by atoms with van der Waals surface area (Å²) in [6, 6.07) is 22.2. The molecule has 0 aliphatic heterocycles. The van der Waals surface area contributed by atoms with Gasteiger partial charge in [-0.3, -0.25) is 0 Å². The molecule has 4 aromatic rings. The maximum absolute atomic E-state index is 9.69. The fourth-order valence-corrected chi connectivity index (χ4v) is 3.74. The van der Waals surface area contributed by atoms with E-state index in [2.05, 4.69) is 22.1 Å². The molecular weight excluding hydrogens is 354 g/mol. The van der Waals surface area contributed by atoms with Crippen LogP contribution < -0.4 is 4.74 Å². The second kappa shape index (κ2) is 7.56. The molecule has 1 aromatic heterocycles. The molecular formula is C22H17N3OS. The van der Waals surface area contributed by atoms with Gasteiger partial charge in [0.2, 0.25) is 0 Å². The third-order valence-corrected chi connectivity index (χ3v) is 5.01. The molecule has 3 aromatic carbocycles. The number of fused-ring (bicyclic) bond motifs is 2. The summed E-state index contributed by atoms with van der Waals surface area (Å²) in [7, 11) is 0. The predicted octanol–water partition coefficient (Wildman–Crippen LogP) is 5.77. The number of benzene rings is 3. The zero-order valence-electron chi connectivity index (χ0n) is 14.8. The van der Waals surface area contributed by atoms with E-state index in [9.17, 15) is 5.26 Å². The molecule has 1 heterocycles. The molecule has 0 radical (unpaired) electrons. The van der Waals surface area contributed by atoms with Crippen molar-refractivity contribution >= 4 is 39.6 Å². The minimum atomic E-state index is 0.548. The quantitative estimate of drug-likeness (QED) is 0.357. The Kier molecular flexibility index (Phi) is 4.82. The number of rotatable bonds is 5. The van der Waals surface area contributed by atoms with Crippen LogP contribution in [0, 0.1) is 11.3 Å².